The van der Waals surface area contributed by atoms with Crippen molar-refractivity contribution in [2.24, 2.45) is 5.73 Å². The van der Waals surface area contributed by atoms with Gasteiger partial charge in [-0.15, -0.1) is 0 Å². The van der Waals surface area contributed by atoms with Crippen LogP contribution in [0.1, 0.15) is 24.0 Å². The number of nitrogens with zero attached hydrogens (tertiary/aromatic N) is 1. The molecule has 1 aliphatic rings. The summed E-state index contributed by atoms with van der Waals surface area (Å²) in [5.74, 6) is 0. The van der Waals surface area contributed by atoms with Crippen LogP contribution in [-0.2, 0) is 6.54 Å². The van der Waals surface area contributed by atoms with Crippen LogP contribution in [0, 0.1) is 0 Å². The molecule has 1 heterocycles. The molecule has 0 radical (unpaired) electrons. The molecule has 0 bridgehead atoms. The number of likely N-dealkylation sites (tertiary alicyclic amines) is 1. The fourth-order valence-electron chi connectivity index (χ4n) is 2.38. The maximum atomic E-state index is 5.67. The highest BCUT2D eigenvalue weighted by molar-refractivity contribution is 7.99. The SMILES string of the molecule is CSC1CCN(Cc2cccc(C(N)=S)c2)CC1. The first kappa shape index (κ1) is 13.8. The van der Waals surface area contributed by atoms with Gasteiger partial charge in [0, 0.05) is 17.4 Å². The van der Waals surface area contributed by atoms with E-state index in [1.165, 1.54) is 31.5 Å². The number of hydrogen-bond acceptors (Lipinski definition) is 3. The molecule has 2 rings (SSSR count). The van der Waals surface area contributed by atoms with E-state index in [0.29, 0.717) is 4.99 Å². The van der Waals surface area contributed by atoms with Crippen molar-refractivity contribution in [3.63, 3.8) is 0 Å². The van der Waals surface area contributed by atoms with Gasteiger partial charge in [0.1, 0.15) is 4.99 Å². The van der Waals surface area contributed by atoms with Crippen LogP contribution in [0.5, 0.6) is 0 Å². The van der Waals surface area contributed by atoms with Gasteiger partial charge in [0.15, 0.2) is 0 Å². The molecule has 1 aromatic carbocycles. The Balaban J connectivity index is 1.94. The number of nitrogens with two attached hydrogens (primary N) is 1. The molecule has 0 unspecified atom stereocenters. The molecule has 1 fully saturated rings. The standard InChI is InChI=1S/C14H20N2S2/c1-18-13-5-7-16(8-6-13)10-11-3-2-4-12(9-11)14(15)17/h2-4,9,13H,5-8,10H2,1H3,(H2,15,17). The summed E-state index contributed by atoms with van der Waals surface area (Å²) >= 11 is 7.02. The second-order valence-electron chi connectivity index (χ2n) is 4.78. The molecule has 2 nitrogen and oxygen atoms in total. The zero-order valence-corrected chi connectivity index (χ0v) is 12.4. The second-order valence-corrected chi connectivity index (χ2v) is 6.35. The summed E-state index contributed by atoms with van der Waals surface area (Å²) in [6.07, 6.45) is 4.82. The maximum absolute atomic E-state index is 5.67. The third-order valence-corrected chi connectivity index (χ3v) is 4.86. The minimum Gasteiger partial charge on any atom is -0.389 e. The van der Waals surface area contributed by atoms with Gasteiger partial charge in [-0.05, 0) is 43.8 Å². The van der Waals surface area contributed by atoms with Crippen LogP contribution in [0.4, 0.5) is 0 Å². The van der Waals surface area contributed by atoms with Gasteiger partial charge in [-0.3, -0.25) is 4.90 Å². The average molecular weight is 280 g/mol. The fourth-order valence-corrected chi connectivity index (χ4v) is 3.19. The van der Waals surface area contributed by atoms with E-state index < -0.39 is 0 Å². The van der Waals surface area contributed by atoms with Crippen molar-refractivity contribution in [1.82, 2.24) is 4.90 Å². The molecule has 4 heteroatoms. The number of hydrogen-bond donors (Lipinski definition) is 1. The molecule has 0 aromatic heterocycles. The first-order valence-electron chi connectivity index (χ1n) is 6.33. The highest BCUT2D eigenvalue weighted by atomic mass is 32.2. The van der Waals surface area contributed by atoms with Gasteiger partial charge in [0.2, 0.25) is 0 Å². The molecule has 0 saturated carbocycles. The monoisotopic (exact) mass is 280 g/mol. The number of rotatable bonds is 4. The Labute approximate surface area is 119 Å². The topological polar surface area (TPSA) is 29.3 Å². The highest BCUT2D eigenvalue weighted by Crippen LogP contribution is 2.22. The Morgan fingerprint density at radius 1 is 1.44 bits per heavy atom. The van der Waals surface area contributed by atoms with Gasteiger partial charge in [-0.2, -0.15) is 11.8 Å². The largest absolute Gasteiger partial charge is 0.389 e. The molecule has 2 N–H and O–H groups in total. The van der Waals surface area contributed by atoms with E-state index in [0.717, 1.165) is 17.4 Å². The Morgan fingerprint density at radius 3 is 2.78 bits per heavy atom. The summed E-state index contributed by atoms with van der Waals surface area (Å²) in [6.45, 7) is 3.41. The Hall–Kier alpha value is -0.580. The minimum absolute atomic E-state index is 0.484. The van der Waals surface area contributed by atoms with E-state index in [4.69, 9.17) is 18.0 Å². The summed E-state index contributed by atoms with van der Waals surface area (Å²) in [7, 11) is 0. The molecule has 1 aromatic rings. The van der Waals surface area contributed by atoms with Gasteiger partial charge in [0.25, 0.3) is 0 Å². The lowest BCUT2D eigenvalue weighted by Gasteiger charge is -2.31. The van der Waals surface area contributed by atoms with Crippen LogP contribution in [-0.4, -0.2) is 34.5 Å². The fraction of sp³-hybridized carbons (Fsp3) is 0.500. The van der Waals surface area contributed by atoms with Gasteiger partial charge in [-0.1, -0.05) is 30.4 Å². The molecule has 0 amide bonds. The summed E-state index contributed by atoms with van der Waals surface area (Å²) in [4.78, 5) is 3.00. The van der Waals surface area contributed by atoms with Crippen LogP contribution in [0.2, 0.25) is 0 Å². The average Bonchev–Trinajstić information content (AvgIpc) is 2.40. The van der Waals surface area contributed by atoms with Crippen molar-refractivity contribution in [1.29, 1.82) is 0 Å². The first-order valence-corrected chi connectivity index (χ1v) is 8.02. The van der Waals surface area contributed by atoms with Crippen LogP contribution in [0.15, 0.2) is 24.3 Å². The molecule has 98 valence electrons. The smallest absolute Gasteiger partial charge is 0.103 e. The molecule has 0 spiro atoms. The van der Waals surface area contributed by atoms with Crippen molar-refractivity contribution in [2.45, 2.75) is 24.6 Å². The van der Waals surface area contributed by atoms with Crippen molar-refractivity contribution in [3.05, 3.63) is 35.4 Å². The van der Waals surface area contributed by atoms with E-state index in [9.17, 15) is 0 Å². The number of piperidine rings is 1. The Bertz CT molecular complexity index is 412. The van der Waals surface area contributed by atoms with Crippen molar-refractivity contribution >= 4 is 29.0 Å². The van der Waals surface area contributed by atoms with E-state index >= 15 is 0 Å². The Kier molecular flexibility index (Phi) is 5.03. The van der Waals surface area contributed by atoms with Crippen LogP contribution >= 0.6 is 24.0 Å². The van der Waals surface area contributed by atoms with Crippen LogP contribution < -0.4 is 5.73 Å². The molecular formula is C14H20N2S2. The summed E-state index contributed by atoms with van der Waals surface area (Å²) < 4.78 is 0. The normalized spacial score (nSPS) is 17.8. The molecule has 1 saturated heterocycles. The molecule has 18 heavy (non-hydrogen) atoms. The predicted molar refractivity (Wildman–Crippen MR) is 84.1 cm³/mol. The van der Waals surface area contributed by atoms with E-state index in [2.05, 4.69) is 23.3 Å². The van der Waals surface area contributed by atoms with Gasteiger partial charge in [0.05, 0.1) is 0 Å². The number of thioether (sulfide) groups is 1. The van der Waals surface area contributed by atoms with E-state index in [1.807, 2.05) is 23.9 Å². The summed E-state index contributed by atoms with van der Waals surface area (Å²) in [5.41, 5.74) is 7.95. The lowest BCUT2D eigenvalue weighted by Crippen LogP contribution is -2.34. The van der Waals surface area contributed by atoms with Crippen molar-refractivity contribution in [2.75, 3.05) is 19.3 Å². The molecule has 1 aliphatic heterocycles. The molecule has 0 atom stereocenters. The quantitative estimate of drug-likeness (QED) is 0.859. The van der Waals surface area contributed by atoms with E-state index in [1.54, 1.807) is 0 Å². The summed E-state index contributed by atoms with van der Waals surface area (Å²) in [5, 5.41) is 0.851. The zero-order chi connectivity index (χ0) is 13.0. The zero-order valence-electron chi connectivity index (χ0n) is 10.8. The van der Waals surface area contributed by atoms with Gasteiger partial charge >= 0.3 is 0 Å². The Morgan fingerprint density at radius 2 is 2.17 bits per heavy atom. The van der Waals surface area contributed by atoms with Crippen molar-refractivity contribution in [3.8, 4) is 0 Å². The van der Waals surface area contributed by atoms with Crippen LogP contribution in [0.3, 0.4) is 0 Å². The van der Waals surface area contributed by atoms with Gasteiger partial charge in [-0.25, -0.2) is 0 Å². The number of thiocarbonyl (C=S) groups is 1. The van der Waals surface area contributed by atoms with E-state index in [-0.39, 0.29) is 0 Å². The molecule has 0 aliphatic carbocycles. The third kappa shape index (κ3) is 3.70. The molecular weight excluding hydrogens is 260 g/mol. The third-order valence-electron chi connectivity index (χ3n) is 3.49. The summed E-state index contributed by atoms with van der Waals surface area (Å²) in [6, 6.07) is 8.29. The van der Waals surface area contributed by atoms with Crippen molar-refractivity contribution < 1.29 is 0 Å². The lowest BCUT2D eigenvalue weighted by molar-refractivity contribution is 0.225. The first-order chi connectivity index (χ1) is 8.69. The van der Waals surface area contributed by atoms with Crippen LogP contribution in [0.25, 0.3) is 0 Å². The highest BCUT2D eigenvalue weighted by Gasteiger charge is 2.18. The predicted octanol–water partition coefficient (Wildman–Crippen LogP) is 2.65. The lowest BCUT2D eigenvalue weighted by atomic mass is 10.1. The maximum Gasteiger partial charge on any atom is 0.103 e. The minimum atomic E-state index is 0.484. The second kappa shape index (κ2) is 6.55. The number of benzene rings is 1. The van der Waals surface area contributed by atoms with Gasteiger partial charge < -0.3 is 5.73 Å².